The molecule has 6 nitrogen and oxygen atoms in total. The van der Waals surface area contributed by atoms with E-state index < -0.39 is 22.0 Å². The molecule has 1 N–H and O–H groups in total. The summed E-state index contributed by atoms with van der Waals surface area (Å²) in [7, 11) is -2.06. The average Bonchev–Trinajstić information content (AvgIpc) is 3.87. The third-order valence-electron chi connectivity index (χ3n) is 8.00. The van der Waals surface area contributed by atoms with Gasteiger partial charge in [0.1, 0.15) is 23.2 Å². The van der Waals surface area contributed by atoms with Crippen LogP contribution in [0.2, 0.25) is 0 Å². The zero-order valence-corrected chi connectivity index (χ0v) is 27.6. The van der Waals surface area contributed by atoms with E-state index in [9.17, 15) is 8.42 Å². The predicted octanol–water partition coefficient (Wildman–Crippen LogP) is 6.93. The molecule has 2 saturated carbocycles. The first-order valence-electron chi connectivity index (χ1n) is 15.5. The molecule has 2 aliphatic carbocycles. The van der Waals surface area contributed by atoms with Crippen molar-refractivity contribution in [1.29, 1.82) is 0 Å². The van der Waals surface area contributed by atoms with Gasteiger partial charge in [0, 0.05) is 6.54 Å². The average molecular weight is 605 g/mol. The lowest BCUT2D eigenvalue weighted by Crippen LogP contribution is -2.50. The van der Waals surface area contributed by atoms with E-state index in [1.165, 1.54) is 31.2 Å². The second-order valence-corrected chi connectivity index (χ2v) is 18.0. The molecule has 0 bridgehead atoms. The van der Waals surface area contributed by atoms with E-state index in [1.807, 2.05) is 33.1 Å². The molecule has 0 spiro atoms. The summed E-state index contributed by atoms with van der Waals surface area (Å²) in [6, 6.07) is 10.9. The molecular weight excluding hydrogens is 553 g/mol. The Hall–Kier alpha value is -1.48. The van der Waals surface area contributed by atoms with E-state index in [2.05, 4.69) is 66.2 Å². The molecular formula is C33H52N2O4S2. The van der Waals surface area contributed by atoms with Crippen LogP contribution in [0.3, 0.4) is 0 Å². The highest BCUT2D eigenvalue weighted by molar-refractivity contribution is 7.84. The van der Waals surface area contributed by atoms with Gasteiger partial charge < -0.3 is 9.47 Å². The van der Waals surface area contributed by atoms with Crippen molar-refractivity contribution in [2.75, 3.05) is 0 Å². The summed E-state index contributed by atoms with van der Waals surface area (Å²) in [4.78, 5) is 0. The van der Waals surface area contributed by atoms with Crippen LogP contribution in [-0.2, 0) is 38.0 Å². The molecule has 5 rings (SSSR count). The van der Waals surface area contributed by atoms with Crippen molar-refractivity contribution in [2.45, 2.75) is 133 Å². The van der Waals surface area contributed by atoms with Crippen LogP contribution in [0.5, 0.6) is 0 Å². The monoisotopic (exact) mass is 604 g/mol. The molecule has 0 saturated heterocycles. The van der Waals surface area contributed by atoms with E-state index >= 15 is 0 Å². The van der Waals surface area contributed by atoms with Crippen molar-refractivity contribution >= 4 is 22.0 Å². The Balaban J connectivity index is 0.000000201. The van der Waals surface area contributed by atoms with Crippen molar-refractivity contribution in [3.63, 3.8) is 0 Å². The second kappa shape index (κ2) is 14.3. The predicted molar refractivity (Wildman–Crippen MR) is 170 cm³/mol. The lowest BCUT2D eigenvalue weighted by atomic mass is 9.99. The number of nitrogens with one attached hydrogen (secondary N) is 1. The van der Waals surface area contributed by atoms with Crippen molar-refractivity contribution < 1.29 is 17.9 Å². The molecule has 41 heavy (non-hydrogen) atoms. The van der Waals surface area contributed by atoms with E-state index in [4.69, 9.17) is 9.47 Å². The Morgan fingerprint density at radius 2 is 1.37 bits per heavy atom. The topological polar surface area (TPSA) is 67.9 Å². The van der Waals surface area contributed by atoms with Gasteiger partial charge in [0.2, 0.25) is 0 Å². The third kappa shape index (κ3) is 9.77. The molecule has 0 aromatic heterocycles. The first-order valence-corrected chi connectivity index (χ1v) is 17.7. The highest BCUT2D eigenvalue weighted by Crippen LogP contribution is 2.41. The van der Waals surface area contributed by atoms with Crippen LogP contribution in [-0.4, -0.2) is 46.5 Å². The summed E-state index contributed by atoms with van der Waals surface area (Å²) in [6.07, 6.45) is 17.2. The molecule has 2 fully saturated rings. The molecule has 2 aliphatic heterocycles. The second-order valence-electron chi connectivity index (χ2n) is 13.9. The summed E-state index contributed by atoms with van der Waals surface area (Å²) in [5.74, 6) is 1.26. The van der Waals surface area contributed by atoms with Gasteiger partial charge >= 0.3 is 0 Å². The Morgan fingerprint density at radius 3 is 1.83 bits per heavy atom. The summed E-state index contributed by atoms with van der Waals surface area (Å²) < 4.78 is 42.2. The zero-order chi connectivity index (χ0) is 29.6. The van der Waals surface area contributed by atoms with Gasteiger partial charge in [0.25, 0.3) is 0 Å². The maximum atomic E-state index is 13.3. The van der Waals surface area contributed by atoms with Crippen LogP contribution in [0.15, 0.2) is 55.0 Å². The maximum absolute atomic E-state index is 13.3. The molecule has 4 aliphatic rings. The number of rotatable bonds is 10. The highest BCUT2D eigenvalue weighted by Gasteiger charge is 2.45. The smallest absolute Gasteiger partial charge is 0.115 e. The van der Waals surface area contributed by atoms with Gasteiger partial charge in [-0.1, -0.05) is 30.3 Å². The Labute approximate surface area is 253 Å². The SMILES string of the molecule is CC(C)(C)[S@](=O)N(Cc1ccccc1)[C@@H](C1CC1)[C@@H]1CCC=CO1.CC(C)(C)[S@](=O)N[C@@H](C1CC1)[C@@H]1CCC=CO1. The van der Waals surface area contributed by atoms with Crippen molar-refractivity contribution in [3.8, 4) is 0 Å². The first-order chi connectivity index (χ1) is 19.4. The fraction of sp³-hybridized carbons (Fsp3) is 0.697. The zero-order valence-electron chi connectivity index (χ0n) is 25.9. The molecule has 8 heteroatoms. The molecule has 2 heterocycles. The molecule has 1 aromatic carbocycles. The highest BCUT2D eigenvalue weighted by atomic mass is 32.2. The maximum Gasteiger partial charge on any atom is 0.115 e. The van der Waals surface area contributed by atoms with E-state index in [0.717, 1.165) is 32.2 Å². The van der Waals surface area contributed by atoms with Crippen molar-refractivity contribution in [3.05, 3.63) is 60.6 Å². The Bertz CT molecular complexity index is 1070. The minimum atomic E-state index is -1.06. The van der Waals surface area contributed by atoms with Crippen molar-refractivity contribution in [1.82, 2.24) is 9.03 Å². The van der Waals surface area contributed by atoms with Gasteiger partial charge in [-0.15, -0.1) is 0 Å². The summed E-state index contributed by atoms with van der Waals surface area (Å²) in [5, 5.41) is 0. The lowest BCUT2D eigenvalue weighted by molar-refractivity contribution is 0.0458. The molecule has 0 amide bonds. The largest absolute Gasteiger partial charge is 0.497 e. The summed E-state index contributed by atoms with van der Waals surface area (Å²) >= 11 is 0. The number of benzene rings is 1. The van der Waals surface area contributed by atoms with Crippen LogP contribution in [0.1, 0.15) is 98.5 Å². The number of hydrogen-bond acceptors (Lipinski definition) is 4. The Kier molecular flexibility index (Phi) is 11.3. The van der Waals surface area contributed by atoms with Gasteiger partial charge in [-0.25, -0.2) is 17.4 Å². The molecule has 1 aromatic rings. The minimum absolute atomic E-state index is 0.150. The normalized spacial score (nSPS) is 25.7. The number of nitrogens with zero attached hydrogens (tertiary/aromatic N) is 1. The van der Waals surface area contributed by atoms with Crippen LogP contribution < -0.4 is 4.72 Å². The number of hydrogen-bond donors (Lipinski definition) is 1. The molecule has 0 unspecified atom stereocenters. The van der Waals surface area contributed by atoms with Crippen LogP contribution in [0.4, 0.5) is 0 Å². The van der Waals surface area contributed by atoms with Crippen molar-refractivity contribution in [2.24, 2.45) is 11.8 Å². The van der Waals surface area contributed by atoms with E-state index in [1.54, 1.807) is 6.26 Å². The standard InChI is InChI=1S/C20H29NO2S.C13H23NO2S/c1-20(2,3)24(22)21(15-16-9-5-4-6-10-16)19(17-12-13-17)18-11-7-8-14-23-18;1-13(2,3)17(15)14-12(10-7-8-10)11-6-4-5-9-16-11/h4-6,8-10,14,17-19H,7,11-13,15H2,1-3H3;5,9-12,14H,4,6-8H2,1-3H3/t18-,19-,24-;11-,12-,17-/m00/s1. The van der Waals surface area contributed by atoms with Gasteiger partial charge in [0.05, 0.1) is 45.1 Å². The minimum Gasteiger partial charge on any atom is -0.497 e. The van der Waals surface area contributed by atoms with Crippen LogP contribution >= 0.6 is 0 Å². The van der Waals surface area contributed by atoms with Gasteiger partial charge in [-0.2, -0.15) is 0 Å². The third-order valence-corrected chi connectivity index (χ3v) is 11.4. The molecule has 6 atom stereocenters. The van der Waals surface area contributed by atoms with Gasteiger partial charge in [0.15, 0.2) is 0 Å². The van der Waals surface area contributed by atoms with Crippen LogP contribution in [0.25, 0.3) is 0 Å². The molecule has 0 radical (unpaired) electrons. The fourth-order valence-electron chi connectivity index (χ4n) is 5.40. The number of allylic oxidation sites excluding steroid dienone is 2. The van der Waals surface area contributed by atoms with E-state index in [0.29, 0.717) is 11.8 Å². The first kappa shape index (κ1) is 32.4. The quantitative estimate of drug-likeness (QED) is 0.315. The summed E-state index contributed by atoms with van der Waals surface area (Å²) in [5.41, 5.74) is 1.21. The van der Waals surface area contributed by atoms with Crippen LogP contribution in [0, 0.1) is 11.8 Å². The molecule has 230 valence electrons. The lowest BCUT2D eigenvalue weighted by Gasteiger charge is -2.39. The van der Waals surface area contributed by atoms with Gasteiger partial charge in [-0.3, -0.25) is 0 Å². The number of ether oxygens (including phenoxy) is 2. The summed E-state index contributed by atoms with van der Waals surface area (Å²) in [6.45, 7) is 12.9. The van der Waals surface area contributed by atoms with E-state index in [-0.39, 0.29) is 33.8 Å². The fourth-order valence-corrected chi connectivity index (χ4v) is 7.85. The van der Waals surface area contributed by atoms with Gasteiger partial charge in [-0.05, 0) is 122 Å². The Morgan fingerprint density at radius 1 is 0.805 bits per heavy atom.